The number of nitrogens with one attached hydrogen (secondary N) is 1. The molecule has 0 bridgehead atoms. The second-order valence-electron chi connectivity index (χ2n) is 3.93. The number of benzene rings is 1. The van der Waals surface area contributed by atoms with Crippen molar-refractivity contribution in [2.45, 2.75) is 6.54 Å². The van der Waals surface area contributed by atoms with Gasteiger partial charge in [0.15, 0.2) is 0 Å². The van der Waals surface area contributed by atoms with E-state index in [0.29, 0.717) is 37.7 Å². The van der Waals surface area contributed by atoms with Gasteiger partial charge in [-0.1, -0.05) is 6.07 Å². The minimum atomic E-state index is 0.554. The number of nitriles is 1. The van der Waals surface area contributed by atoms with Crippen molar-refractivity contribution in [3.05, 3.63) is 29.3 Å². The van der Waals surface area contributed by atoms with E-state index in [9.17, 15) is 0 Å². The van der Waals surface area contributed by atoms with E-state index >= 15 is 0 Å². The molecule has 0 aliphatic heterocycles. The zero-order chi connectivity index (χ0) is 13.9. The van der Waals surface area contributed by atoms with Gasteiger partial charge < -0.3 is 19.5 Å². The van der Waals surface area contributed by atoms with Crippen LogP contribution < -0.4 is 10.1 Å². The summed E-state index contributed by atoms with van der Waals surface area (Å²) in [6.45, 7) is 3.33. The van der Waals surface area contributed by atoms with Crippen LogP contribution >= 0.6 is 0 Å². The molecular weight excluding hydrogens is 244 g/mol. The van der Waals surface area contributed by atoms with E-state index in [0.717, 1.165) is 12.1 Å². The molecule has 1 rings (SSSR count). The first-order valence-electron chi connectivity index (χ1n) is 6.16. The molecule has 0 atom stereocenters. The Balaban J connectivity index is 2.28. The second kappa shape index (κ2) is 9.34. The first-order valence-corrected chi connectivity index (χ1v) is 6.16. The molecule has 0 saturated carbocycles. The van der Waals surface area contributed by atoms with Crippen LogP contribution in [0.1, 0.15) is 11.1 Å². The Hall–Kier alpha value is -1.61. The molecule has 5 nitrogen and oxygen atoms in total. The summed E-state index contributed by atoms with van der Waals surface area (Å²) in [6, 6.07) is 7.70. The van der Waals surface area contributed by atoms with Crippen molar-refractivity contribution >= 4 is 0 Å². The summed E-state index contributed by atoms with van der Waals surface area (Å²) >= 11 is 0. The van der Waals surface area contributed by atoms with Crippen molar-refractivity contribution in [2.24, 2.45) is 0 Å². The van der Waals surface area contributed by atoms with E-state index in [4.69, 9.17) is 19.5 Å². The van der Waals surface area contributed by atoms with E-state index in [-0.39, 0.29) is 0 Å². The summed E-state index contributed by atoms with van der Waals surface area (Å²) < 4.78 is 15.3. The zero-order valence-electron chi connectivity index (χ0n) is 11.4. The molecule has 0 spiro atoms. The van der Waals surface area contributed by atoms with Gasteiger partial charge in [-0.05, 0) is 17.7 Å². The number of methoxy groups -OCH3 is 2. The third kappa shape index (κ3) is 5.71. The highest BCUT2D eigenvalue weighted by atomic mass is 16.5. The first kappa shape index (κ1) is 15.4. The summed E-state index contributed by atoms with van der Waals surface area (Å²) in [7, 11) is 3.21. The summed E-state index contributed by atoms with van der Waals surface area (Å²) in [5.74, 6) is 0.606. The highest BCUT2D eigenvalue weighted by Gasteiger charge is 2.03. The van der Waals surface area contributed by atoms with E-state index in [1.54, 1.807) is 14.2 Å². The molecule has 1 aromatic rings. The summed E-state index contributed by atoms with van der Waals surface area (Å²) in [4.78, 5) is 0. The fourth-order valence-corrected chi connectivity index (χ4v) is 1.57. The quantitative estimate of drug-likeness (QED) is 0.681. The van der Waals surface area contributed by atoms with Crippen LogP contribution in [0.3, 0.4) is 0 Å². The molecule has 0 aromatic heterocycles. The summed E-state index contributed by atoms with van der Waals surface area (Å²) in [5, 5.41) is 12.2. The molecule has 19 heavy (non-hydrogen) atoms. The third-order valence-electron chi connectivity index (χ3n) is 2.57. The van der Waals surface area contributed by atoms with E-state index in [1.807, 2.05) is 18.2 Å². The minimum Gasteiger partial charge on any atom is -0.495 e. The SMILES string of the molecule is COCCOCCNCc1ccc(OC)c(C#N)c1. The van der Waals surface area contributed by atoms with Crippen LogP contribution in [-0.4, -0.2) is 40.6 Å². The summed E-state index contributed by atoms with van der Waals surface area (Å²) in [5.41, 5.74) is 1.60. The van der Waals surface area contributed by atoms with Crippen LogP contribution in [0.25, 0.3) is 0 Å². The molecule has 0 aliphatic rings. The second-order valence-corrected chi connectivity index (χ2v) is 3.93. The molecule has 1 N–H and O–H groups in total. The van der Waals surface area contributed by atoms with Gasteiger partial charge in [0.1, 0.15) is 11.8 Å². The van der Waals surface area contributed by atoms with Gasteiger partial charge in [-0.25, -0.2) is 0 Å². The van der Waals surface area contributed by atoms with Gasteiger partial charge in [-0.15, -0.1) is 0 Å². The standard InChI is InChI=1S/C14H20N2O3/c1-17-7-8-19-6-5-16-11-12-3-4-14(18-2)13(9-12)10-15/h3-4,9,16H,5-8,11H2,1-2H3. The van der Waals surface area contributed by atoms with Crippen molar-refractivity contribution in [2.75, 3.05) is 40.6 Å². The number of rotatable bonds is 9. The average Bonchev–Trinajstić information content (AvgIpc) is 2.46. The van der Waals surface area contributed by atoms with Crippen molar-refractivity contribution in [3.8, 4) is 11.8 Å². The predicted molar refractivity (Wildman–Crippen MR) is 72.1 cm³/mol. The van der Waals surface area contributed by atoms with Gasteiger partial charge >= 0.3 is 0 Å². The monoisotopic (exact) mass is 264 g/mol. The van der Waals surface area contributed by atoms with E-state index in [1.165, 1.54) is 0 Å². The Morgan fingerprint density at radius 3 is 2.74 bits per heavy atom. The fraction of sp³-hybridized carbons (Fsp3) is 0.500. The molecule has 0 fully saturated rings. The molecule has 0 radical (unpaired) electrons. The molecule has 1 aromatic carbocycles. The van der Waals surface area contributed by atoms with E-state index in [2.05, 4.69) is 11.4 Å². The lowest BCUT2D eigenvalue weighted by atomic mass is 10.1. The first-order chi connectivity index (χ1) is 9.31. The van der Waals surface area contributed by atoms with Crippen molar-refractivity contribution < 1.29 is 14.2 Å². The maximum Gasteiger partial charge on any atom is 0.136 e. The third-order valence-corrected chi connectivity index (χ3v) is 2.57. The summed E-state index contributed by atoms with van der Waals surface area (Å²) in [6.07, 6.45) is 0. The van der Waals surface area contributed by atoms with E-state index < -0.39 is 0 Å². The number of ether oxygens (including phenoxy) is 3. The topological polar surface area (TPSA) is 63.5 Å². The Morgan fingerprint density at radius 1 is 1.21 bits per heavy atom. The smallest absolute Gasteiger partial charge is 0.136 e. The largest absolute Gasteiger partial charge is 0.495 e. The lowest BCUT2D eigenvalue weighted by Crippen LogP contribution is -2.20. The van der Waals surface area contributed by atoms with Gasteiger partial charge in [0.25, 0.3) is 0 Å². The molecule has 0 amide bonds. The van der Waals surface area contributed by atoms with Crippen molar-refractivity contribution in [1.82, 2.24) is 5.32 Å². The Bertz CT molecular complexity index is 416. The fourth-order valence-electron chi connectivity index (χ4n) is 1.57. The van der Waals surface area contributed by atoms with Crippen LogP contribution in [0.15, 0.2) is 18.2 Å². The highest BCUT2D eigenvalue weighted by Crippen LogP contribution is 2.18. The number of nitrogens with zero attached hydrogens (tertiary/aromatic N) is 1. The highest BCUT2D eigenvalue weighted by molar-refractivity contribution is 5.45. The van der Waals surface area contributed by atoms with Crippen molar-refractivity contribution in [1.29, 1.82) is 5.26 Å². The Morgan fingerprint density at radius 2 is 2.05 bits per heavy atom. The maximum atomic E-state index is 8.98. The maximum absolute atomic E-state index is 8.98. The Kier molecular flexibility index (Phi) is 7.59. The minimum absolute atomic E-state index is 0.554. The lowest BCUT2D eigenvalue weighted by Gasteiger charge is -2.08. The molecule has 0 aliphatic carbocycles. The molecule has 0 saturated heterocycles. The van der Waals surface area contributed by atoms with Crippen molar-refractivity contribution in [3.63, 3.8) is 0 Å². The molecule has 5 heteroatoms. The van der Waals surface area contributed by atoms with Crippen LogP contribution in [0, 0.1) is 11.3 Å². The zero-order valence-corrected chi connectivity index (χ0v) is 11.4. The van der Waals surface area contributed by atoms with Gasteiger partial charge in [0, 0.05) is 20.2 Å². The van der Waals surface area contributed by atoms with Gasteiger partial charge in [-0.2, -0.15) is 5.26 Å². The van der Waals surface area contributed by atoms with Crippen LogP contribution in [-0.2, 0) is 16.0 Å². The van der Waals surface area contributed by atoms with Crippen LogP contribution in [0.4, 0.5) is 0 Å². The molecule has 0 heterocycles. The number of hydrogen-bond donors (Lipinski definition) is 1. The number of hydrogen-bond acceptors (Lipinski definition) is 5. The predicted octanol–water partition coefficient (Wildman–Crippen LogP) is 1.32. The van der Waals surface area contributed by atoms with Gasteiger partial charge in [-0.3, -0.25) is 0 Å². The lowest BCUT2D eigenvalue weighted by molar-refractivity contribution is 0.0719. The molecular formula is C14H20N2O3. The average molecular weight is 264 g/mol. The van der Waals surface area contributed by atoms with Gasteiger partial charge in [0.05, 0.1) is 32.5 Å². The Labute approximate surface area is 114 Å². The molecule has 104 valence electrons. The van der Waals surface area contributed by atoms with Crippen LogP contribution in [0.2, 0.25) is 0 Å². The van der Waals surface area contributed by atoms with Crippen LogP contribution in [0.5, 0.6) is 5.75 Å². The normalized spacial score (nSPS) is 10.2. The molecule has 0 unspecified atom stereocenters. The van der Waals surface area contributed by atoms with Gasteiger partial charge in [0.2, 0.25) is 0 Å².